The Kier molecular flexibility index (Phi) is 5.65. The second kappa shape index (κ2) is 7.37. The number of carbonyl (C=O) groups excluding carboxylic acids is 1. The minimum absolute atomic E-state index is 0.0647. The third-order valence-corrected chi connectivity index (χ3v) is 5.23. The Morgan fingerprint density at radius 1 is 1.00 bits per heavy atom. The van der Waals surface area contributed by atoms with Crippen LogP contribution in [0.3, 0.4) is 0 Å². The number of rotatable bonds is 5. The van der Waals surface area contributed by atoms with Crippen molar-refractivity contribution >= 4 is 21.6 Å². The van der Waals surface area contributed by atoms with Crippen molar-refractivity contribution in [3.05, 3.63) is 48.5 Å². The molecule has 0 heterocycles. The molecule has 0 aliphatic heterocycles. The van der Waals surface area contributed by atoms with Crippen LogP contribution in [0, 0.1) is 0 Å². The second-order valence-electron chi connectivity index (χ2n) is 6.83. The van der Waals surface area contributed by atoms with Gasteiger partial charge >= 0.3 is 0 Å². The van der Waals surface area contributed by atoms with Crippen molar-refractivity contribution in [2.45, 2.75) is 44.6 Å². The molecule has 0 saturated carbocycles. The predicted molar refractivity (Wildman–Crippen MR) is 101 cm³/mol. The van der Waals surface area contributed by atoms with E-state index in [9.17, 15) is 13.2 Å². The van der Waals surface area contributed by atoms with E-state index in [-0.39, 0.29) is 10.8 Å². The van der Waals surface area contributed by atoms with Gasteiger partial charge in [-0.25, -0.2) is 13.1 Å². The van der Waals surface area contributed by atoms with Gasteiger partial charge in [0, 0.05) is 23.2 Å². The van der Waals surface area contributed by atoms with Gasteiger partial charge in [-0.15, -0.1) is 0 Å². The monoisotopic (exact) mass is 360 g/mol. The van der Waals surface area contributed by atoms with Crippen molar-refractivity contribution < 1.29 is 13.2 Å². The third-order valence-electron chi connectivity index (χ3n) is 3.42. The average molecular weight is 360 g/mol. The molecular formula is C19H24N2O3S. The second-order valence-corrected chi connectivity index (χ2v) is 8.48. The van der Waals surface area contributed by atoms with E-state index in [4.69, 9.17) is 0 Å². The Balaban J connectivity index is 2.40. The molecule has 0 aliphatic carbocycles. The number of carbonyl (C=O) groups is 1. The first-order chi connectivity index (χ1) is 11.6. The molecule has 2 aromatic rings. The van der Waals surface area contributed by atoms with Gasteiger partial charge in [0.1, 0.15) is 0 Å². The topological polar surface area (TPSA) is 75.3 Å². The van der Waals surface area contributed by atoms with Crippen molar-refractivity contribution in [3.63, 3.8) is 0 Å². The molecule has 0 bridgehead atoms. The number of benzene rings is 2. The number of hydrogen-bond donors (Lipinski definition) is 2. The lowest BCUT2D eigenvalue weighted by molar-refractivity contribution is -0.115. The Morgan fingerprint density at radius 3 is 2.16 bits per heavy atom. The maximum absolute atomic E-state index is 12.7. The van der Waals surface area contributed by atoms with Crippen molar-refractivity contribution in [1.82, 2.24) is 4.72 Å². The minimum Gasteiger partial charge on any atom is -0.326 e. The summed E-state index contributed by atoms with van der Waals surface area (Å²) in [5.41, 5.74) is 1.50. The number of hydrogen-bond acceptors (Lipinski definition) is 3. The standard InChI is InChI=1S/C19H24N2O3S/c1-5-18(22)20-15-12-10-14(11-13-15)16-8-6-7-9-17(16)25(23,24)21-19(2,3)4/h6-13,21H,5H2,1-4H3,(H,20,22). The summed E-state index contributed by atoms with van der Waals surface area (Å²) in [5.74, 6) is -0.0647. The summed E-state index contributed by atoms with van der Waals surface area (Å²) in [4.78, 5) is 11.7. The number of sulfonamides is 1. The molecule has 2 aromatic carbocycles. The average Bonchev–Trinajstić information content (AvgIpc) is 2.53. The molecule has 0 fully saturated rings. The molecule has 0 spiro atoms. The van der Waals surface area contributed by atoms with Crippen molar-refractivity contribution in [2.75, 3.05) is 5.32 Å². The van der Waals surface area contributed by atoms with Gasteiger partial charge in [0.15, 0.2) is 0 Å². The first-order valence-electron chi connectivity index (χ1n) is 8.16. The summed E-state index contributed by atoms with van der Waals surface area (Å²) in [6.45, 7) is 7.20. The summed E-state index contributed by atoms with van der Waals surface area (Å²) in [7, 11) is -3.65. The van der Waals surface area contributed by atoms with Crippen LogP contribution in [0.1, 0.15) is 34.1 Å². The molecule has 0 unspecified atom stereocenters. The minimum atomic E-state index is -3.65. The van der Waals surface area contributed by atoms with Gasteiger partial charge in [0.2, 0.25) is 15.9 Å². The molecule has 0 saturated heterocycles. The van der Waals surface area contributed by atoms with Gasteiger partial charge in [0.05, 0.1) is 4.90 Å². The highest BCUT2D eigenvalue weighted by Crippen LogP contribution is 2.29. The summed E-state index contributed by atoms with van der Waals surface area (Å²) >= 11 is 0. The molecule has 134 valence electrons. The van der Waals surface area contributed by atoms with Gasteiger partial charge < -0.3 is 5.32 Å². The molecule has 0 atom stereocenters. The molecule has 1 amide bonds. The number of nitrogens with one attached hydrogen (secondary N) is 2. The molecule has 6 heteroatoms. The molecule has 2 N–H and O–H groups in total. The van der Waals surface area contributed by atoms with Gasteiger partial charge in [0.25, 0.3) is 0 Å². The van der Waals surface area contributed by atoms with E-state index in [0.717, 1.165) is 5.56 Å². The van der Waals surface area contributed by atoms with Crippen molar-refractivity contribution in [3.8, 4) is 11.1 Å². The van der Waals surface area contributed by atoms with Crippen LogP contribution in [-0.4, -0.2) is 19.9 Å². The largest absolute Gasteiger partial charge is 0.326 e. The van der Waals surface area contributed by atoms with E-state index in [1.165, 1.54) is 0 Å². The van der Waals surface area contributed by atoms with Crippen LogP contribution in [0.5, 0.6) is 0 Å². The fourth-order valence-corrected chi connectivity index (χ4v) is 4.03. The molecule has 25 heavy (non-hydrogen) atoms. The van der Waals surface area contributed by atoms with Crippen LogP contribution in [0.2, 0.25) is 0 Å². The summed E-state index contributed by atoms with van der Waals surface area (Å²) in [6, 6.07) is 14.0. The lowest BCUT2D eigenvalue weighted by Gasteiger charge is -2.21. The normalized spacial score (nSPS) is 12.0. The van der Waals surface area contributed by atoms with Gasteiger partial charge in [-0.05, 0) is 44.5 Å². The van der Waals surface area contributed by atoms with Crippen LogP contribution < -0.4 is 10.0 Å². The number of amides is 1. The highest BCUT2D eigenvalue weighted by molar-refractivity contribution is 7.89. The quantitative estimate of drug-likeness (QED) is 0.852. The maximum atomic E-state index is 12.7. The zero-order valence-corrected chi connectivity index (χ0v) is 15.8. The van der Waals surface area contributed by atoms with E-state index >= 15 is 0 Å². The maximum Gasteiger partial charge on any atom is 0.241 e. The molecule has 0 radical (unpaired) electrons. The zero-order chi connectivity index (χ0) is 18.7. The fourth-order valence-electron chi connectivity index (χ4n) is 2.38. The first-order valence-corrected chi connectivity index (χ1v) is 9.64. The van der Waals surface area contributed by atoms with Crippen molar-refractivity contribution in [1.29, 1.82) is 0 Å². The van der Waals surface area contributed by atoms with E-state index in [2.05, 4.69) is 10.0 Å². The summed E-state index contributed by atoms with van der Waals surface area (Å²) in [6.07, 6.45) is 0.404. The van der Waals surface area contributed by atoms with E-state index < -0.39 is 15.6 Å². The lowest BCUT2D eigenvalue weighted by atomic mass is 10.1. The van der Waals surface area contributed by atoms with Crippen LogP contribution in [0.4, 0.5) is 5.69 Å². The lowest BCUT2D eigenvalue weighted by Crippen LogP contribution is -2.40. The SMILES string of the molecule is CCC(=O)Nc1ccc(-c2ccccc2S(=O)(=O)NC(C)(C)C)cc1. The molecule has 5 nitrogen and oxygen atoms in total. The summed E-state index contributed by atoms with van der Waals surface area (Å²) < 4.78 is 28.1. The first kappa shape index (κ1) is 19.1. The highest BCUT2D eigenvalue weighted by Gasteiger charge is 2.24. The molecular weight excluding hydrogens is 336 g/mol. The van der Waals surface area contributed by atoms with Crippen LogP contribution in [0.25, 0.3) is 11.1 Å². The fraction of sp³-hybridized carbons (Fsp3) is 0.316. The van der Waals surface area contributed by atoms with E-state index in [0.29, 0.717) is 17.7 Å². The Morgan fingerprint density at radius 2 is 1.60 bits per heavy atom. The Bertz CT molecular complexity index is 851. The van der Waals surface area contributed by atoms with Gasteiger partial charge in [-0.3, -0.25) is 4.79 Å². The van der Waals surface area contributed by atoms with Gasteiger partial charge in [-0.2, -0.15) is 0 Å². The smallest absolute Gasteiger partial charge is 0.241 e. The molecule has 0 aliphatic rings. The Hall–Kier alpha value is -2.18. The highest BCUT2D eigenvalue weighted by atomic mass is 32.2. The molecule has 0 aromatic heterocycles. The number of anilines is 1. The Labute approximate surface area is 149 Å². The summed E-state index contributed by atoms with van der Waals surface area (Å²) in [5, 5.41) is 2.78. The van der Waals surface area contributed by atoms with Crippen LogP contribution in [-0.2, 0) is 14.8 Å². The zero-order valence-electron chi connectivity index (χ0n) is 15.0. The van der Waals surface area contributed by atoms with E-state index in [1.54, 1.807) is 76.2 Å². The third kappa shape index (κ3) is 5.14. The van der Waals surface area contributed by atoms with Crippen LogP contribution in [0.15, 0.2) is 53.4 Å². The van der Waals surface area contributed by atoms with Gasteiger partial charge in [-0.1, -0.05) is 37.3 Å². The van der Waals surface area contributed by atoms with E-state index in [1.807, 2.05) is 0 Å². The van der Waals surface area contributed by atoms with Crippen molar-refractivity contribution in [2.24, 2.45) is 0 Å². The predicted octanol–water partition coefficient (Wildman–Crippen LogP) is 3.78. The van der Waals surface area contributed by atoms with Crippen LogP contribution >= 0.6 is 0 Å². The molecule has 2 rings (SSSR count).